The van der Waals surface area contributed by atoms with Crippen molar-refractivity contribution in [1.82, 2.24) is 19.7 Å². The third-order valence-electron chi connectivity index (χ3n) is 4.34. The lowest BCUT2D eigenvalue weighted by atomic mass is 9.96. The Balaban J connectivity index is 1.83. The molecule has 0 aliphatic heterocycles. The number of alkyl halides is 3. The van der Waals surface area contributed by atoms with Gasteiger partial charge in [-0.1, -0.05) is 18.2 Å². The van der Waals surface area contributed by atoms with Crippen LogP contribution in [0.25, 0.3) is 10.2 Å². The molecule has 0 spiro atoms. The Kier molecular flexibility index (Phi) is 4.31. The van der Waals surface area contributed by atoms with Crippen LogP contribution in [0.15, 0.2) is 55.0 Å². The predicted octanol–water partition coefficient (Wildman–Crippen LogP) is 3.32. The van der Waals surface area contributed by atoms with Crippen molar-refractivity contribution in [2.24, 2.45) is 0 Å². The molecule has 4 aromatic rings. The van der Waals surface area contributed by atoms with E-state index in [2.05, 4.69) is 15.1 Å². The van der Waals surface area contributed by atoms with E-state index in [-0.39, 0.29) is 12.4 Å². The monoisotopic (exact) mass is 405 g/mol. The van der Waals surface area contributed by atoms with Crippen molar-refractivity contribution in [2.45, 2.75) is 18.3 Å². The molecule has 144 valence electrons. The van der Waals surface area contributed by atoms with Gasteiger partial charge in [-0.2, -0.15) is 18.3 Å². The molecule has 1 atom stereocenters. The third kappa shape index (κ3) is 2.90. The van der Waals surface area contributed by atoms with Crippen LogP contribution in [0.4, 0.5) is 19.0 Å². The maximum Gasteiger partial charge on any atom is 0.428 e. The number of para-hydroxylation sites is 1. The van der Waals surface area contributed by atoms with Gasteiger partial charge in [0.1, 0.15) is 10.8 Å². The highest BCUT2D eigenvalue weighted by Crippen LogP contribution is 2.48. The van der Waals surface area contributed by atoms with E-state index in [0.29, 0.717) is 15.8 Å². The average Bonchev–Trinajstić information content (AvgIpc) is 3.26. The zero-order valence-electron chi connectivity index (χ0n) is 14.3. The number of nitrogens with zero attached hydrogens (tertiary/aromatic N) is 4. The summed E-state index contributed by atoms with van der Waals surface area (Å²) >= 11 is 0.764. The summed E-state index contributed by atoms with van der Waals surface area (Å²) in [4.78, 5) is 7.97. The summed E-state index contributed by atoms with van der Waals surface area (Å²) in [5.41, 5.74) is 3.12. The van der Waals surface area contributed by atoms with Gasteiger partial charge in [-0.3, -0.25) is 4.98 Å². The molecule has 0 bridgehead atoms. The van der Waals surface area contributed by atoms with Gasteiger partial charge in [-0.05, 0) is 23.8 Å². The van der Waals surface area contributed by atoms with E-state index in [4.69, 9.17) is 5.73 Å². The van der Waals surface area contributed by atoms with Gasteiger partial charge in [0, 0.05) is 12.4 Å². The van der Waals surface area contributed by atoms with Gasteiger partial charge < -0.3 is 10.8 Å². The largest absolute Gasteiger partial charge is 0.428 e. The normalized spacial score (nSPS) is 14.3. The highest BCUT2D eigenvalue weighted by Gasteiger charge is 2.60. The third-order valence-corrected chi connectivity index (χ3v) is 5.48. The smallest absolute Gasteiger partial charge is 0.384 e. The molecule has 0 aliphatic carbocycles. The van der Waals surface area contributed by atoms with Crippen LogP contribution in [-0.2, 0) is 12.1 Å². The van der Waals surface area contributed by atoms with E-state index in [0.717, 1.165) is 17.5 Å². The molecule has 0 saturated heterocycles. The second kappa shape index (κ2) is 6.57. The number of hydrogen-bond donors (Lipinski definition) is 2. The van der Waals surface area contributed by atoms with Gasteiger partial charge in [-0.15, -0.1) is 11.3 Å². The molecule has 0 radical (unpaired) electrons. The predicted molar refractivity (Wildman–Crippen MR) is 98.7 cm³/mol. The molecule has 3 N–H and O–H groups in total. The SMILES string of the molecule is Nc1c([C@](O)(c2nc3ccccc3s2)C(F)(F)F)cnn1Cc1cccnc1. The van der Waals surface area contributed by atoms with Crippen molar-refractivity contribution in [3.05, 3.63) is 71.1 Å². The van der Waals surface area contributed by atoms with Crippen molar-refractivity contribution in [3.8, 4) is 0 Å². The number of thiazole rings is 1. The number of anilines is 1. The summed E-state index contributed by atoms with van der Waals surface area (Å²) in [5.74, 6) is -0.289. The highest BCUT2D eigenvalue weighted by atomic mass is 32.1. The number of rotatable bonds is 4. The summed E-state index contributed by atoms with van der Waals surface area (Å²) in [6.45, 7) is 0.119. The molecular weight excluding hydrogens is 391 g/mol. The standard InChI is InChI=1S/C18H14F3N5OS/c19-18(20,21)17(27,16-25-13-5-1-2-6-14(13)28-16)12-9-24-26(15(12)22)10-11-4-3-7-23-8-11/h1-9,27H,10,22H2/t17-/m0/s1. The first kappa shape index (κ1) is 18.4. The molecule has 4 rings (SSSR count). The quantitative estimate of drug-likeness (QED) is 0.544. The van der Waals surface area contributed by atoms with Gasteiger partial charge in [-0.25, -0.2) is 9.67 Å². The first-order valence-corrected chi connectivity index (χ1v) is 8.98. The molecule has 3 aromatic heterocycles. The van der Waals surface area contributed by atoms with Gasteiger partial charge in [0.15, 0.2) is 0 Å². The van der Waals surface area contributed by atoms with Crippen LogP contribution in [0.5, 0.6) is 0 Å². The van der Waals surface area contributed by atoms with Gasteiger partial charge >= 0.3 is 6.18 Å². The number of benzene rings is 1. The van der Waals surface area contributed by atoms with E-state index >= 15 is 0 Å². The summed E-state index contributed by atoms with van der Waals surface area (Å²) in [5, 5.41) is 14.3. The molecule has 3 heterocycles. The van der Waals surface area contributed by atoms with Gasteiger partial charge in [0.2, 0.25) is 5.60 Å². The van der Waals surface area contributed by atoms with Gasteiger partial charge in [0.05, 0.1) is 28.5 Å². The van der Waals surface area contributed by atoms with Crippen LogP contribution in [0, 0.1) is 0 Å². The van der Waals surface area contributed by atoms with Crippen molar-refractivity contribution in [3.63, 3.8) is 0 Å². The Labute approximate surface area is 161 Å². The van der Waals surface area contributed by atoms with Crippen LogP contribution >= 0.6 is 11.3 Å². The molecule has 1 aromatic carbocycles. The van der Waals surface area contributed by atoms with Crippen LogP contribution < -0.4 is 5.73 Å². The Hall–Kier alpha value is -2.98. The second-order valence-electron chi connectivity index (χ2n) is 6.16. The number of fused-ring (bicyclic) bond motifs is 1. The first-order valence-electron chi connectivity index (χ1n) is 8.16. The lowest BCUT2D eigenvalue weighted by Crippen LogP contribution is -2.43. The number of halogens is 3. The lowest BCUT2D eigenvalue weighted by Gasteiger charge is -2.28. The van der Waals surface area contributed by atoms with E-state index in [1.165, 1.54) is 4.68 Å². The molecule has 0 amide bonds. The van der Waals surface area contributed by atoms with E-state index in [9.17, 15) is 18.3 Å². The molecule has 0 unspecified atom stereocenters. The minimum absolute atomic E-state index is 0.119. The fourth-order valence-electron chi connectivity index (χ4n) is 2.88. The Morgan fingerprint density at radius 2 is 1.89 bits per heavy atom. The van der Waals surface area contributed by atoms with E-state index in [1.807, 2.05) is 0 Å². The second-order valence-corrected chi connectivity index (χ2v) is 7.19. The molecule has 0 fully saturated rings. The molecule has 28 heavy (non-hydrogen) atoms. The lowest BCUT2D eigenvalue weighted by molar-refractivity contribution is -0.248. The first-order chi connectivity index (χ1) is 13.3. The number of hydrogen-bond acceptors (Lipinski definition) is 6. The molecule has 10 heteroatoms. The van der Waals surface area contributed by atoms with Crippen LogP contribution in [-0.4, -0.2) is 31.0 Å². The molecule has 0 saturated carbocycles. The number of pyridine rings is 1. The zero-order chi connectivity index (χ0) is 19.9. The number of nitrogen functional groups attached to an aromatic ring is 1. The molecule has 0 aliphatic rings. The summed E-state index contributed by atoms with van der Waals surface area (Å²) < 4.78 is 43.8. The minimum atomic E-state index is -5.04. The fraction of sp³-hybridized carbons (Fsp3) is 0.167. The summed E-state index contributed by atoms with van der Waals surface area (Å²) in [6, 6.07) is 10.0. The Bertz CT molecular complexity index is 1090. The number of nitrogens with two attached hydrogens (primary N) is 1. The van der Waals surface area contributed by atoms with Crippen molar-refractivity contribution in [1.29, 1.82) is 0 Å². The Morgan fingerprint density at radius 1 is 1.11 bits per heavy atom. The van der Waals surface area contributed by atoms with Gasteiger partial charge in [0.25, 0.3) is 0 Å². The fourth-order valence-corrected chi connectivity index (χ4v) is 3.97. The maximum absolute atomic E-state index is 14.0. The van der Waals surface area contributed by atoms with E-state index < -0.39 is 22.3 Å². The van der Waals surface area contributed by atoms with Crippen molar-refractivity contribution >= 4 is 27.4 Å². The van der Waals surface area contributed by atoms with E-state index in [1.54, 1.807) is 48.8 Å². The average molecular weight is 405 g/mol. The Morgan fingerprint density at radius 3 is 2.57 bits per heavy atom. The number of aliphatic hydroxyl groups is 1. The topological polar surface area (TPSA) is 89.9 Å². The summed E-state index contributed by atoms with van der Waals surface area (Å²) in [7, 11) is 0. The number of aromatic nitrogens is 4. The maximum atomic E-state index is 14.0. The molecule has 6 nitrogen and oxygen atoms in total. The zero-order valence-corrected chi connectivity index (χ0v) is 15.1. The van der Waals surface area contributed by atoms with Crippen LogP contribution in [0.2, 0.25) is 0 Å². The molecular formula is C18H14F3N5OS. The highest BCUT2D eigenvalue weighted by molar-refractivity contribution is 7.18. The minimum Gasteiger partial charge on any atom is -0.384 e. The summed E-state index contributed by atoms with van der Waals surface area (Å²) in [6.07, 6.45) is -0.969. The van der Waals surface area contributed by atoms with Crippen LogP contribution in [0.1, 0.15) is 16.1 Å². The van der Waals surface area contributed by atoms with Crippen LogP contribution in [0.3, 0.4) is 0 Å². The van der Waals surface area contributed by atoms with Crippen molar-refractivity contribution < 1.29 is 18.3 Å². The van der Waals surface area contributed by atoms with Crippen molar-refractivity contribution in [2.75, 3.05) is 5.73 Å².